The normalized spacial score (nSPS) is 23.5. The van der Waals surface area contributed by atoms with Gasteiger partial charge in [-0.15, -0.1) is 0 Å². The molecule has 4 nitrogen and oxygen atoms in total. The van der Waals surface area contributed by atoms with Crippen LogP contribution in [0.1, 0.15) is 13.3 Å². The van der Waals surface area contributed by atoms with Crippen molar-refractivity contribution >= 4 is 0 Å². The van der Waals surface area contributed by atoms with E-state index in [2.05, 4.69) is 48.1 Å². The van der Waals surface area contributed by atoms with E-state index in [4.69, 9.17) is 0 Å². The van der Waals surface area contributed by atoms with Gasteiger partial charge in [-0.3, -0.25) is 4.90 Å². The molecule has 1 atom stereocenters. The predicted molar refractivity (Wildman–Crippen MR) is 74.6 cm³/mol. The molecule has 0 bridgehead atoms. The van der Waals surface area contributed by atoms with Crippen molar-refractivity contribution in [2.45, 2.75) is 19.4 Å². The van der Waals surface area contributed by atoms with Gasteiger partial charge in [0, 0.05) is 38.8 Å². The van der Waals surface area contributed by atoms with Crippen molar-refractivity contribution in [1.82, 2.24) is 20.0 Å². The number of likely N-dealkylation sites (N-methyl/N-ethyl adjacent to an activating group) is 1. The number of piperazine rings is 1. The van der Waals surface area contributed by atoms with Gasteiger partial charge in [-0.05, 0) is 47.6 Å². The minimum absolute atomic E-state index is 0.706. The summed E-state index contributed by atoms with van der Waals surface area (Å²) in [5.41, 5.74) is 0. The second kappa shape index (κ2) is 8.03. The standard InChI is InChI=1S/C13H30N4/c1-13-12-16(4)10-11-17(13)9-7-14-6-5-8-15(2)3/h13-14H,5-12H2,1-4H3. The Kier molecular flexibility index (Phi) is 7.04. The Labute approximate surface area is 107 Å². The van der Waals surface area contributed by atoms with Crippen molar-refractivity contribution in [3.63, 3.8) is 0 Å². The van der Waals surface area contributed by atoms with Crippen molar-refractivity contribution in [2.24, 2.45) is 0 Å². The molecule has 0 aliphatic carbocycles. The van der Waals surface area contributed by atoms with Crippen LogP contribution < -0.4 is 5.32 Å². The first-order chi connectivity index (χ1) is 8.09. The van der Waals surface area contributed by atoms with Gasteiger partial charge in [-0.1, -0.05) is 0 Å². The number of nitrogens with one attached hydrogen (secondary N) is 1. The lowest BCUT2D eigenvalue weighted by molar-refractivity contribution is 0.101. The van der Waals surface area contributed by atoms with Crippen molar-refractivity contribution in [2.75, 3.05) is 67.0 Å². The van der Waals surface area contributed by atoms with Gasteiger partial charge in [0.2, 0.25) is 0 Å². The molecule has 0 amide bonds. The highest BCUT2D eigenvalue weighted by atomic mass is 15.3. The van der Waals surface area contributed by atoms with Crippen molar-refractivity contribution in [3.8, 4) is 0 Å². The molecule has 0 radical (unpaired) electrons. The van der Waals surface area contributed by atoms with E-state index >= 15 is 0 Å². The van der Waals surface area contributed by atoms with Crippen LogP contribution in [0.4, 0.5) is 0 Å². The maximum Gasteiger partial charge on any atom is 0.0195 e. The summed E-state index contributed by atoms with van der Waals surface area (Å²) >= 11 is 0. The molecule has 1 aliphatic heterocycles. The van der Waals surface area contributed by atoms with E-state index in [1.54, 1.807) is 0 Å². The van der Waals surface area contributed by atoms with Crippen LogP contribution in [0, 0.1) is 0 Å². The summed E-state index contributed by atoms with van der Waals surface area (Å²) in [7, 11) is 6.48. The summed E-state index contributed by atoms with van der Waals surface area (Å²) in [6.07, 6.45) is 1.24. The molecule has 1 unspecified atom stereocenters. The van der Waals surface area contributed by atoms with Crippen LogP contribution in [0.2, 0.25) is 0 Å². The number of rotatable bonds is 7. The molecule has 0 aromatic heterocycles. The Hall–Kier alpha value is -0.160. The summed E-state index contributed by atoms with van der Waals surface area (Å²) in [6, 6.07) is 0.706. The first kappa shape index (κ1) is 14.9. The molecule has 1 fully saturated rings. The van der Waals surface area contributed by atoms with Crippen molar-refractivity contribution < 1.29 is 0 Å². The molecule has 1 aliphatic rings. The van der Waals surface area contributed by atoms with E-state index < -0.39 is 0 Å². The summed E-state index contributed by atoms with van der Waals surface area (Å²) in [5, 5.41) is 3.54. The topological polar surface area (TPSA) is 21.8 Å². The Morgan fingerprint density at radius 3 is 2.65 bits per heavy atom. The van der Waals surface area contributed by atoms with Crippen LogP contribution in [0.25, 0.3) is 0 Å². The van der Waals surface area contributed by atoms with Crippen LogP contribution in [-0.2, 0) is 0 Å². The van der Waals surface area contributed by atoms with Crippen molar-refractivity contribution in [1.29, 1.82) is 0 Å². The smallest absolute Gasteiger partial charge is 0.0195 e. The third-order valence-electron chi connectivity index (χ3n) is 3.50. The summed E-state index contributed by atoms with van der Waals surface area (Å²) in [4.78, 5) is 7.26. The van der Waals surface area contributed by atoms with Crippen LogP contribution in [-0.4, -0.2) is 87.7 Å². The van der Waals surface area contributed by atoms with Gasteiger partial charge in [0.1, 0.15) is 0 Å². The first-order valence-corrected chi connectivity index (χ1v) is 6.87. The quantitative estimate of drug-likeness (QED) is 0.642. The third kappa shape index (κ3) is 6.36. The average molecular weight is 242 g/mol. The Morgan fingerprint density at radius 2 is 2.00 bits per heavy atom. The highest BCUT2D eigenvalue weighted by Crippen LogP contribution is 2.06. The first-order valence-electron chi connectivity index (χ1n) is 6.87. The van der Waals surface area contributed by atoms with Crippen LogP contribution in [0.5, 0.6) is 0 Å². The molecule has 17 heavy (non-hydrogen) atoms. The molecule has 102 valence electrons. The lowest BCUT2D eigenvalue weighted by Gasteiger charge is -2.38. The molecule has 0 saturated carbocycles. The van der Waals surface area contributed by atoms with E-state index in [0.717, 1.165) is 13.1 Å². The highest BCUT2D eigenvalue weighted by molar-refractivity contribution is 4.77. The maximum atomic E-state index is 3.54. The van der Waals surface area contributed by atoms with E-state index in [9.17, 15) is 0 Å². The molecule has 1 rings (SSSR count). The molecule has 0 aromatic carbocycles. The number of hydrogen-bond donors (Lipinski definition) is 1. The Balaban J connectivity index is 1.99. The second-order valence-corrected chi connectivity index (χ2v) is 5.55. The average Bonchev–Trinajstić information content (AvgIpc) is 2.25. The molecule has 4 heteroatoms. The summed E-state index contributed by atoms with van der Waals surface area (Å²) < 4.78 is 0. The zero-order valence-electron chi connectivity index (χ0n) is 12.1. The van der Waals surface area contributed by atoms with Crippen LogP contribution in [0.3, 0.4) is 0 Å². The SMILES string of the molecule is CC1CN(C)CCN1CCNCCCN(C)C. The number of nitrogens with zero attached hydrogens (tertiary/aromatic N) is 3. The van der Waals surface area contributed by atoms with Gasteiger partial charge < -0.3 is 15.1 Å². The molecule has 0 spiro atoms. The number of hydrogen-bond acceptors (Lipinski definition) is 4. The lowest BCUT2D eigenvalue weighted by Crippen LogP contribution is -2.52. The fourth-order valence-corrected chi connectivity index (χ4v) is 2.38. The minimum Gasteiger partial charge on any atom is -0.315 e. The second-order valence-electron chi connectivity index (χ2n) is 5.55. The van der Waals surface area contributed by atoms with Crippen LogP contribution in [0.15, 0.2) is 0 Å². The van der Waals surface area contributed by atoms with Gasteiger partial charge in [-0.2, -0.15) is 0 Å². The van der Waals surface area contributed by atoms with E-state index in [0.29, 0.717) is 6.04 Å². The van der Waals surface area contributed by atoms with Crippen molar-refractivity contribution in [3.05, 3.63) is 0 Å². The molecule has 1 saturated heterocycles. The molecular weight excluding hydrogens is 212 g/mol. The Morgan fingerprint density at radius 1 is 1.24 bits per heavy atom. The molecule has 0 aromatic rings. The minimum atomic E-state index is 0.706. The molecule has 1 N–H and O–H groups in total. The van der Waals surface area contributed by atoms with Crippen LogP contribution >= 0.6 is 0 Å². The fourth-order valence-electron chi connectivity index (χ4n) is 2.38. The summed E-state index contributed by atoms with van der Waals surface area (Å²) in [5.74, 6) is 0. The van der Waals surface area contributed by atoms with E-state index in [1.165, 1.54) is 39.1 Å². The molecular formula is C13H30N4. The van der Waals surface area contributed by atoms with E-state index in [-0.39, 0.29) is 0 Å². The largest absolute Gasteiger partial charge is 0.315 e. The van der Waals surface area contributed by atoms with Gasteiger partial charge in [0.25, 0.3) is 0 Å². The van der Waals surface area contributed by atoms with Gasteiger partial charge in [0.05, 0.1) is 0 Å². The third-order valence-corrected chi connectivity index (χ3v) is 3.50. The fraction of sp³-hybridized carbons (Fsp3) is 1.00. The summed E-state index contributed by atoms with van der Waals surface area (Å²) in [6.45, 7) is 10.6. The van der Waals surface area contributed by atoms with Gasteiger partial charge >= 0.3 is 0 Å². The zero-order chi connectivity index (χ0) is 12.7. The Bertz CT molecular complexity index is 196. The maximum absolute atomic E-state index is 3.54. The van der Waals surface area contributed by atoms with Gasteiger partial charge in [0.15, 0.2) is 0 Å². The van der Waals surface area contributed by atoms with E-state index in [1.807, 2.05) is 0 Å². The van der Waals surface area contributed by atoms with Gasteiger partial charge in [-0.25, -0.2) is 0 Å². The zero-order valence-corrected chi connectivity index (χ0v) is 12.1. The molecule has 1 heterocycles. The monoisotopic (exact) mass is 242 g/mol. The predicted octanol–water partition coefficient (Wildman–Crippen LogP) is 0.164. The lowest BCUT2D eigenvalue weighted by atomic mass is 10.2. The highest BCUT2D eigenvalue weighted by Gasteiger charge is 2.20.